The van der Waals surface area contributed by atoms with Crippen LogP contribution in [0.15, 0.2) is 29.3 Å². The summed E-state index contributed by atoms with van der Waals surface area (Å²) in [5, 5.41) is 6.44. The van der Waals surface area contributed by atoms with E-state index in [4.69, 9.17) is 14.2 Å². The van der Waals surface area contributed by atoms with Gasteiger partial charge in [0.1, 0.15) is 6.61 Å². The topological polar surface area (TPSA) is 64.1 Å². The van der Waals surface area contributed by atoms with Gasteiger partial charge < -0.3 is 24.8 Å². The van der Waals surface area contributed by atoms with Gasteiger partial charge in [-0.25, -0.2) is 4.99 Å². The van der Waals surface area contributed by atoms with Gasteiger partial charge in [0, 0.05) is 19.7 Å². The molecule has 6 heteroatoms. The Morgan fingerprint density at radius 2 is 2.09 bits per heavy atom. The Bertz CT molecular complexity index is 479. The minimum absolute atomic E-state index is 0.0720. The maximum absolute atomic E-state index is 5.89. The van der Waals surface area contributed by atoms with Crippen molar-refractivity contribution in [3.05, 3.63) is 24.3 Å². The van der Waals surface area contributed by atoms with Crippen LogP contribution >= 0.6 is 0 Å². The number of hydrogen-bond donors (Lipinski definition) is 2. The molecule has 1 atom stereocenters. The van der Waals surface area contributed by atoms with E-state index in [9.17, 15) is 0 Å². The first-order valence-corrected chi connectivity index (χ1v) is 7.81. The minimum atomic E-state index is -0.0720. The lowest BCUT2D eigenvalue weighted by Crippen LogP contribution is -2.40. The van der Waals surface area contributed by atoms with E-state index in [0.717, 1.165) is 37.2 Å². The van der Waals surface area contributed by atoms with Gasteiger partial charge in [0.05, 0.1) is 13.2 Å². The molecule has 1 aliphatic heterocycles. The van der Waals surface area contributed by atoms with Crippen molar-refractivity contribution in [1.29, 1.82) is 0 Å². The molecule has 0 spiro atoms. The first-order valence-electron chi connectivity index (χ1n) is 7.81. The van der Waals surface area contributed by atoms with Crippen LogP contribution in [-0.2, 0) is 4.74 Å². The monoisotopic (exact) mass is 307 g/mol. The van der Waals surface area contributed by atoms with Crippen LogP contribution in [0.25, 0.3) is 0 Å². The van der Waals surface area contributed by atoms with Gasteiger partial charge in [0.25, 0.3) is 0 Å². The SMILES string of the molecule is CCNC(=NCC1COc2ccccc2O1)NCCOCC. The van der Waals surface area contributed by atoms with Crippen LogP contribution in [0.3, 0.4) is 0 Å². The van der Waals surface area contributed by atoms with Crippen LogP contribution in [-0.4, -0.2) is 51.5 Å². The average molecular weight is 307 g/mol. The number of nitrogens with zero attached hydrogens (tertiary/aromatic N) is 1. The molecule has 0 amide bonds. The zero-order valence-corrected chi connectivity index (χ0v) is 13.3. The molecule has 1 aliphatic rings. The lowest BCUT2D eigenvalue weighted by atomic mass is 10.2. The fourth-order valence-electron chi connectivity index (χ4n) is 2.07. The largest absolute Gasteiger partial charge is 0.486 e. The molecule has 0 saturated heterocycles. The van der Waals surface area contributed by atoms with Gasteiger partial charge in [-0.2, -0.15) is 0 Å². The molecule has 0 saturated carbocycles. The van der Waals surface area contributed by atoms with Crippen molar-refractivity contribution in [2.75, 3.05) is 39.5 Å². The maximum Gasteiger partial charge on any atom is 0.191 e. The number of para-hydroxylation sites is 2. The highest BCUT2D eigenvalue weighted by Gasteiger charge is 2.20. The summed E-state index contributed by atoms with van der Waals surface area (Å²) in [5.74, 6) is 2.34. The second kappa shape index (κ2) is 9.15. The number of ether oxygens (including phenoxy) is 3. The van der Waals surface area contributed by atoms with Gasteiger partial charge in [0.2, 0.25) is 0 Å². The van der Waals surface area contributed by atoms with E-state index < -0.39 is 0 Å². The zero-order valence-electron chi connectivity index (χ0n) is 13.3. The Balaban J connectivity index is 1.83. The molecule has 0 aliphatic carbocycles. The molecular weight excluding hydrogens is 282 g/mol. The minimum Gasteiger partial charge on any atom is -0.486 e. The second-order valence-electron chi connectivity index (χ2n) is 4.84. The summed E-state index contributed by atoms with van der Waals surface area (Å²) in [7, 11) is 0. The first-order chi connectivity index (χ1) is 10.8. The summed E-state index contributed by atoms with van der Waals surface area (Å²) >= 11 is 0. The lowest BCUT2D eigenvalue weighted by molar-refractivity contribution is 0.0971. The van der Waals surface area contributed by atoms with Crippen LogP contribution < -0.4 is 20.1 Å². The van der Waals surface area contributed by atoms with Gasteiger partial charge >= 0.3 is 0 Å². The van der Waals surface area contributed by atoms with Crippen molar-refractivity contribution >= 4 is 5.96 Å². The van der Waals surface area contributed by atoms with E-state index in [1.807, 2.05) is 38.1 Å². The third-order valence-corrected chi connectivity index (χ3v) is 3.11. The number of rotatable bonds is 7. The number of hydrogen-bond acceptors (Lipinski definition) is 4. The van der Waals surface area contributed by atoms with Crippen molar-refractivity contribution < 1.29 is 14.2 Å². The fourth-order valence-corrected chi connectivity index (χ4v) is 2.07. The molecule has 0 fully saturated rings. The first kappa shape index (κ1) is 16.4. The Morgan fingerprint density at radius 1 is 1.27 bits per heavy atom. The number of nitrogens with one attached hydrogen (secondary N) is 2. The number of fused-ring (bicyclic) bond motifs is 1. The summed E-state index contributed by atoms with van der Waals surface area (Å²) in [4.78, 5) is 4.54. The van der Waals surface area contributed by atoms with Crippen LogP contribution in [0, 0.1) is 0 Å². The highest BCUT2D eigenvalue weighted by atomic mass is 16.6. The molecule has 1 aromatic rings. The number of benzene rings is 1. The molecule has 6 nitrogen and oxygen atoms in total. The van der Waals surface area contributed by atoms with Crippen molar-refractivity contribution in [3.8, 4) is 11.5 Å². The fraction of sp³-hybridized carbons (Fsp3) is 0.562. The standard InChI is InChI=1S/C16H25N3O3/c1-3-17-16(18-9-10-20-4-2)19-11-13-12-21-14-7-5-6-8-15(14)22-13/h5-8,13H,3-4,9-12H2,1-2H3,(H2,17,18,19). The van der Waals surface area contributed by atoms with E-state index in [2.05, 4.69) is 15.6 Å². The number of aliphatic imine (C=N–C) groups is 1. The van der Waals surface area contributed by atoms with E-state index >= 15 is 0 Å². The Kier molecular flexibility index (Phi) is 6.83. The van der Waals surface area contributed by atoms with Crippen molar-refractivity contribution in [3.63, 3.8) is 0 Å². The highest BCUT2D eigenvalue weighted by molar-refractivity contribution is 5.79. The van der Waals surface area contributed by atoms with E-state index in [-0.39, 0.29) is 6.10 Å². The van der Waals surface area contributed by atoms with Crippen LogP contribution in [0.2, 0.25) is 0 Å². The summed E-state index contributed by atoms with van der Waals surface area (Å²) in [5.41, 5.74) is 0. The maximum atomic E-state index is 5.89. The smallest absolute Gasteiger partial charge is 0.191 e. The molecule has 122 valence electrons. The molecule has 2 rings (SSSR count). The molecule has 1 aromatic carbocycles. The van der Waals surface area contributed by atoms with Gasteiger partial charge in [-0.15, -0.1) is 0 Å². The van der Waals surface area contributed by atoms with E-state index in [1.54, 1.807) is 0 Å². The molecule has 0 aromatic heterocycles. The van der Waals surface area contributed by atoms with Gasteiger partial charge in [-0.05, 0) is 26.0 Å². The van der Waals surface area contributed by atoms with Gasteiger partial charge in [-0.3, -0.25) is 0 Å². The Morgan fingerprint density at radius 3 is 2.86 bits per heavy atom. The molecule has 22 heavy (non-hydrogen) atoms. The van der Waals surface area contributed by atoms with Crippen LogP contribution in [0.1, 0.15) is 13.8 Å². The quantitative estimate of drug-likeness (QED) is 0.453. The molecular formula is C16H25N3O3. The third kappa shape index (κ3) is 5.11. The molecule has 0 radical (unpaired) electrons. The predicted octanol–water partition coefficient (Wildman–Crippen LogP) is 1.42. The highest BCUT2D eigenvalue weighted by Crippen LogP contribution is 2.30. The van der Waals surface area contributed by atoms with E-state index in [0.29, 0.717) is 19.8 Å². The van der Waals surface area contributed by atoms with Gasteiger partial charge in [-0.1, -0.05) is 12.1 Å². The second-order valence-corrected chi connectivity index (χ2v) is 4.84. The summed E-state index contributed by atoms with van der Waals surface area (Å²) in [6, 6.07) is 7.70. The normalized spacial score (nSPS) is 17.2. The third-order valence-electron chi connectivity index (χ3n) is 3.11. The van der Waals surface area contributed by atoms with Crippen LogP contribution in [0.4, 0.5) is 0 Å². The Hall–Kier alpha value is -1.95. The predicted molar refractivity (Wildman–Crippen MR) is 86.8 cm³/mol. The lowest BCUT2D eigenvalue weighted by Gasteiger charge is -2.25. The molecule has 1 heterocycles. The number of guanidine groups is 1. The van der Waals surface area contributed by atoms with Crippen molar-refractivity contribution in [2.24, 2.45) is 4.99 Å². The van der Waals surface area contributed by atoms with E-state index in [1.165, 1.54) is 0 Å². The summed E-state index contributed by atoms with van der Waals surface area (Å²) in [6.45, 7) is 8.00. The Labute approximate surface area is 131 Å². The summed E-state index contributed by atoms with van der Waals surface area (Å²) < 4.78 is 16.9. The van der Waals surface area contributed by atoms with Crippen molar-refractivity contribution in [1.82, 2.24) is 10.6 Å². The summed E-state index contributed by atoms with van der Waals surface area (Å²) in [6.07, 6.45) is -0.0720. The molecule has 2 N–H and O–H groups in total. The van der Waals surface area contributed by atoms with Crippen LogP contribution in [0.5, 0.6) is 11.5 Å². The molecule has 0 bridgehead atoms. The van der Waals surface area contributed by atoms with Crippen molar-refractivity contribution in [2.45, 2.75) is 20.0 Å². The van der Waals surface area contributed by atoms with Gasteiger partial charge in [0.15, 0.2) is 23.6 Å². The molecule has 1 unspecified atom stereocenters. The zero-order chi connectivity index (χ0) is 15.6. The average Bonchev–Trinajstić information content (AvgIpc) is 2.56.